The number of fused-ring (bicyclic) bond motifs is 1. The molecule has 0 aromatic heterocycles. The van der Waals surface area contributed by atoms with Crippen LogP contribution in [-0.2, 0) is 22.6 Å². The number of aryl methyl sites for hydroxylation is 1. The van der Waals surface area contributed by atoms with Crippen LogP contribution in [0, 0.1) is 5.82 Å². The number of para-hydroxylation sites is 1. The van der Waals surface area contributed by atoms with E-state index in [1.54, 1.807) is 19.1 Å². The summed E-state index contributed by atoms with van der Waals surface area (Å²) in [6, 6.07) is 10.2. The van der Waals surface area contributed by atoms with Gasteiger partial charge in [-0.05, 0) is 37.1 Å². The summed E-state index contributed by atoms with van der Waals surface area (Å²) in [5.41, 5.74) is 1.51. The Labute approximate surface area is 145 Å². The number of rotatable bonds is 7. The first-order valence-corrected chi connectivity index (χ1v) is 8.11. The van der Waals surface area contributed by atoms with Crippen LogP contribution in [0.1, 0.15) is 24.5 Å². The molecule has 1 aliphatic rings. The minimum atomic E-state index is -0.467. The highest BCUT2D eigenvalue weighted by Crippen LogP contribution is 2.36. The van der Waals surface area contributed by atoms with Crippen LogP contribution in [-0.4, -0.2) is 19.4 Å². The van der Waals surface area contributed by atoms with E-state index in [4.69, 9.17) is 18.9 Å². The Bertz CT molecular complexity index is 759. The lowest BCUT2D eigenvalue weighted by molar-refractivity contribution is -0.143. The van der Waals surface area contributed by atoms with Gasteiger partial charge in [0.15, 0.2) is 23.1 Å². The third-order valence-electron chi connectivity index (χ3n) is 3.78. The summed E-state index contributed by atoms with van der Waals surface area (Å²) in [5, 5.41) is 0. The Morgan fingerprint density at radius 2 is 2.12 bits per heavy atom. The zero-order valence-corrected chi connectivity index (χ0v) is 13.9. The fraction of sp³-hybridized carbons (Fsp3) is 0.316. The average Bonchev–Trinajstić information content (AvgIpc) is 3.09. The molecule has 0 saturated carbocycles. The Morgan fingerprint density at radius 3 is 2.92 bits per heavy atom. The smallest absolute Gasteiger partial charge is 0.306 e. The second-order valence-electron chi connectivity index (χ2n) is 5.51. The quantitative estimate of drug-likeness (QED) is 0.717. The molecule has 0 aliphatic carbocycles. The number of benzene rings is 2. The van der Waals surface area contributed by atoms with Crippen molar-refractivity contribution in [3.05, 3.63) is 53.3 Å². The van der Waals surface area contributed by atoms with Gasteiger partial charge in [-0.3, -0.25) is 4.79 Å². The second-order valence-corrected chi connectivity index (χ2v) is 5.51. The molecule has 0 fully saturated rings. The molecule has 6 heteroatoms. The van der Waals surface area contributed by atoms with E-state index in [2.05, 4.69) is 0 Å². The van der Waals surface area contributed by atoms with Crippen molar-refractivity contribution in [3.63, 3.8) is 0 Å². The molecule has 2 aromatic rings. The zero-order chi connectivity index (χ0) is 17.6. The lowest BCUT2D eigenvalue weighted by Gasteiger charge is -2.10. The highest BCUT2D eigenvalue weighted by molar-refractivity contribution is 5.69. The van der Waals surface area contributed by atoms with E-state index < -0.39 is 5.82 Å². The van der Waals surface area contributed by atoms with Crippen LogP contribution in [0.5, 0.6) is 17.2 Å². The van der Waals surface area contributed by atoms with E-state index in [1.165, 1.54) is 6.07 Å². The number of ether oxygens (including phenoxy) is 4. The monoisotopic (exact) mass is 346 g/mol. The van der Waals surface area contributed by atoms with Gasteiger partial charge >= 0.3 is 5.97 Å². The molecular formula is C19H19FO5. The molecule has 1 heterocycles. The SMILES string of the molecule is CCOC(=O)CCc1ccc(OCc2cccc3c2OCO3)c(F)c1. The minimum absolute atomic E-state index is 0.149. The Kier molecular flexibility index (Phi) is 5.38. The van der Waals surface area contributed by atoms with Gasteiger partial charge in [0, 0.05) is 12.0 Å². The Hall–Kier alpha value is -2.76. The van der Waals surface area contributed by atoms with Crippen LogP contribution in [0.4, 0.5) is 4.39 Å². The van der Waals surface area contributed by atoms with Gasteiger partial charge in [-0.1, -0.05) is 18.2 Å². The fourth-order valence-electron chi connectivity index (χ4n) is 2.56. The van der Waals surface area contributed by atoms with Gasteiger partial charge in [0.25, 0.3) is 0 Å². The molecule has 0 saturated heterocycles. The maximum Gasteiger partial charge on any atom is 0.306 e. The van der Waals surface area contributed by atoms with Crippen molar-refractivity contribution in [1.82, 2.24) is 0 Å². The van der Waals surface area contributed by atoms with E-state index in [0.717, 1.165) is 11.1 Å². The molecular weight excluding hydrogens is 327 g/mol. The van der Waals surface area contributed by atoms with Gasteiger partial charge in [0.2, 0.25) is 6.79 Å². The molecule has 2 aromatic carbocycles. The third-order valence-corrected chi connectivity index (χ3v) is 3.78. The number of hydrogen-bond donors (Lipinski definition) is 0. The normalized spacial score (nSPS) is 12.1. The Morgan fingerprint density at radius 1 is 1.24 bits per heavy atom. The van der Waals surface area contributed by atoms with Gasteiger partial charge in [-0.25, -0.2) is 4.39 Å². The van der Waals surface area contributed by atoms with Crippen molar-refractivity contribution in [2.75, 3.05) is 13.4 Å². The van der Waals surface area contributed by atoms with Gasteiger partial charge in [0.05, 0.1) is 6.61 Å². The number of carbonyl (C=O) groups is 1. The average molecular weight is 346 g/mol. The predicted molar refractivity (Wildman–Crippen MR) is 88.3 cm³/mol. The first-order valence-electron chi connectivity index (χ1n) is 8.11. The predicted octanol–water partition coefficient (Wildman–Crippen LogP) is 3.63. The van der Waals surface area contributed by atoms with Crippen LogP contribution < -0.4 is 14.2 Å². The molecule has 0 N–H and O–H groups in total. The minimum Gasteiger partial charge on any atom is -0.486 e. The molecule has 0 amide bonds. The van der Waals surface area contributed by atoms with E-state index in [0.29, 0.717) is 24.5 Å². The molecule has 3 rings (SSSR count). The fourth-order valence-corrected chi connectivity index (χ4v) is 2.56. The standard InChI is InChI=1S/C19H19FO5/c1-2-22-18(21)9-7-13-6-8-16(15(20)10-13)23-11-14-4-3-5-17-19(14)25-12-24-17/h3-6,8,10H,2,7,9,11-12H2,1H3. The van der Waals surface area contributed by atoms with Crippen LogP contribution in [0.15, 0.2) is 36.4 Å². The van der Waals surface area contributed by atoms with Gasteiger partial charge in [-0.15, -0.1) is 0 Å². The molecule has 0 atom stereocenters. The maximum absolute atomic E-state index is 14.2. The van der Waals surface area contributed by atoms with Crippen molar-refractivity contribution in [2.45, 2.75) is 26.4 Å². The molecule has 0 bridgehead atoms. The number of esters is 1. The number of hydrogen-bond acceptors (Lipinski definition) is 5. The topological polar surface area (TPSA) is 54.0 Å². The Balaban J connectivity index is 1.60. The lowest BCUT2D eigenvalue weighted by atomic mass is 10.1. The van der Waals surface area contributed by atoms with Crippen molar-refractivity contribution >= 4 is 5.97 Å². The summed E-state index contributed by atoms with van der Waals surface area (Å²) in [4.78, 5) is 11.4. The lowest BCUT2D eigenvalue weighted by Crippen LogP contribution is -2.05. The summed E-state index contributed by atoms with van der Waals surface area (Å²) < 4.78 is 35.3. The largest absolute Gasteiger partial charge is 0.486 e. The third kappa shape index (κ3) is 4.21. The maximum atomic E-state index is 14.2. The highest BCUT2D eigenvalue weighted by Gasteiger charge is 2.18. The first kappa shape index (κ1) is 17.1. The van der Waals surface area contributed by atoms with E-state index in [-0.39, 0.29) is 31.5 Å². The van der Waals surface area contributed by atoms with Crippen molar-refractivity contribution in [3.8, 4) is 17.2 Å². The molecule has 0 spiro atoms. The summed E-state index contributed by atoms with van der Waals surface area (Å²) in [5.74, 6) is 0.691. The second kappa shape index (κ2) is 7.88. The van der Waals surface area contributed by atoms with E-state index >= 15 is 0 Å². The van der Waals surface area contributed by atoms with Crippen LogP contribution in [0.25, 0.3) is 0 Å². The molecule has 1 aliphatic heterocycles. The highest BCUT2D eigenvalue weighted by atomic mass is 19.1. The van der Waals surface area contributed by atoms with Crippen molar-refractivity contribution in [2.24, 2.45) is 0 Å². The summed E-state index contributed by atoms with van der Waals surface area (Å²) in [7, 11) is 0. The first-order chi connectivity index (χ1) is 12.2. The van der Waals surface area contributed by atoms with Gasteiger partial charge < -0.3 is 18.9 Å². The van der Waals surface area contributed by atoms with Crippen LogP contribution in [0.2, 0.25) is 0 Å². The molecule has 5 nitrogen and oxygen atoms in total. The van der Waals surface area contributed by atoms with Gasteiger partial charge in [-0.2, -0.15) is 0 Å². The summed E-state index contributed by atoms with van der Waals surface area (Å²) in [6.07, 6.45) is 0.647. The molecule has 0 unspecified atom stereocenters. The van der Waals surface area contributed by atoms with Crippen molar-refractivity contribution < 1.29 is 28.1 Å². The number of carbonyl (C=O) groups excluding carboxylic acids is 1. The number of halogens is 1. The summed E-state index contributed by atoms with van der Waals surface area (Å²) >= 11 is 0. The van der Waals surface area contributed by atoms with E-state index in [9.17, 15) is 9.18 Å². The van der Waals surface area contributed by atoms with E-state index in [1.807, 2.05) is 18.2 Å². The van der Waals surface area contributed by atoms with Crippen molar-refractivity contribution in [1.29, 1.82) is 0 Å². The summed E-state index contributed by atoms with van der Waals surface area (Å²) in [6.45, 7) is 2.45. The molecule has 132 valence electrons. The molecule has 0 radical (unpaired) electrons. The zero-order valence-electron chi connectivity index (χ0n) is 13.9. The van der Waals surface area contributed by atoms with Crippen LogP contribution >= 0.6 is 0 Å². The van der Waals surface area contributed by atoms with Gasteiger partial charge in [0.1, 0.15) is 6.61 Å². The van der Waals surface area contributed by atoms with Crippen LogP contribution in [0.3, 0.4) is 0 Å². The molecule has 25 heavy (non-hydrogen) atoms.